The molecule has 2 rings (SSSR count). The van der Waals surface area contributed by atoms with Gasteiger partial charge in [-0.05, 0) is 23.8 Å². The van der Waals surface area contributed by atoms with E-state index in [2.05, 4.69) is 0 Å². The van der Waals surface area contributed by atoms with Crippen molar-refractivity contribution < 1.29 is 14.8 Å². The number of nitro groups is 1. The zero-order valence-electron chi connectivity index (χ0n) is 10.7. The van der Waals surface area contributed by atoms with Gasteiger partial charge in [0.25, 0.3) is 5.69 Å². The molecule has 0 aliphatic carbocycles. The summed E-state index contributed by atoms with van der Waals surface area (Å²) in [7, 11) is 0. The van der Waals surface area contributed by atoms with Gasteiger partial charge in [0.15, 0.2) is 0 Å². The number of thioether (sulfide) groups is 1. The van der Waals surface area contributed by atoms with Gasteiger partial charge >= 0.3 is 5.97 Å². The standard InChI is InChI=1S/C14H10ClNO4S/c15-10-4-5-13(12(7-10)14(17)18)21-8-9-2-1-3-11(6-9)16(19)20/h1-7H,8H2,(H,17,18). The van der Waals surface area contributed by atoms with Gasteiger partial charge in [0.1, 0.15) is 0 Å². The lowest BCUT2D eigenvalue weighted by atomic mass is 10.2. The zero-order valence-corrected chi connectivity index (χ0v) is 12.2. The van der Waals surface area contributed by atoms with Crippen LogP contribution in [0.1, 0.15) is 15.9 Å². The second-order valence-corrected chi connectivity index (χ2v) is 5.61. The fraction of sp³-hybridized carbons (Fsp3) is 0.0714. The van der Waals surface area contributed by atoms with Crippen LogP contribution in [-0.4, -0.2) is 16.0 Å². The van der Waals surface area contributed by atoms with E-state index in [-0.39, 0.29) is 11.3 Å². The fourth-order valence-electron chi connectivity index (χ4n) is 1.72. The Morgan fingerprint density at radius 1 is 1.29 bits per heavy atom. The van der Waals surface area contributed by atoms with E-state index in [1.807, 2.05) is 0 Å². The topological polar surface area (TPSA) is 80.4 Å². The largest absolute Gasteiger partial charge is 0.478 e. The van der Waals surface area contributed by atoms with E-state index in [0.717, 1.165) is 5.56 Å². The molecule has 7 heteroatoms. The molecule has 108 valence electrons. The first-order valence-electron chi connectivity index (χ1n) is 5.86. The lowest BCUT2D eigenvalue weighted by Crippen LogP contribution is -1.99. The van der Waals surface area contributed by atoms with Crippen molar-refractivity contribution in [1.29, 1.82) is 0 Å². The smallest absolute Gasteiger partial charge is 0.336 e. The third-order valence-electron chi connectivity index (χ3n) is 2.69. The maximum Gasteiger partial charge on any atom is 0.336 e. The molecule has 0 heterocycles. The van der Waals surface area contributed by atoms with Gasteiger partial charge in [-0.15, -0.1) is 11.8 Å². The van der Waals surface area contributed by atoms with Crippen LogP contribution in [0.15, 0.2) is 47.4 Å². The van der Waals surface area contributed by atoms with E-state index < -0.39 is 10.9 Å². The van der Waals surface area contributed by atoms with E-state index >= 15 is 0 Å². The van der Waals surface area contributed by atoms with Crippen LogP contribution in [0.4, 0.5) is 5.69 Å². The Labute approximate surface area is 129 Å². The summed E-state index contributed by atoms with van der Waals surface area (Å²) < 4.78 is 0. The minimum Gasteiger partial charge on any atom is -0.478 e. The van der Waals surface area contributed by atoms with Crippen LogP contribution in [-0.2, 0) is 5.75 Å². The van der Waals surface area contributed by atoms with Crippen molar-refractivity contribution in [3.8, 4) is 0 Å². The number of hydrogen-bond donors (Lipinski definition) is 1. The van der Waals surface area contributed by atoms with Gasteiger partial charge in [0.2, 0.25) is 0 Å². The number of carboxylic acids is 1. The molecular weight excluding hydrogens is 314 g/mol. The molecule has 0 radical (unpaired) electrons. The Morgan fingerprint density at radius 3 is 2.71 bits per heavy atom. The summed E-state index contributed by atoms with van der Waals surface area (Å²) in [4.78, 5) is 22.0. The molecule has 0 amide bonds. The first-order valence-corrected chi connectivity index (χ1v) is 7.22. The number of carboxylic acid groups (broad SMARTS) is 1. The molecule has 5 nitrogen and oxygen atoms in total. The number of non-ortho nitro benzene ring substituents is 1. The Morgan fingerprint density at radius 2 is 2.05 bits per heavy atom. The molecule has 0 bridgehead atoms. The Kier molecular flexibility index (Phi) is 4.82. The Balaban J connectivity index is 2.18. The number of aromatic carboxylic acids is 1. The number of hydrogen-bond acceptors (Lipinski definition) is 4. The zero-order chi connectivity index (χ0) is 15.4. The van der Waals surface area contributed by atoms with E-state index in [4.69, 9.17) is 16.7 Å². The van der Waals surface area contributed by atoms with Gasteiger partial charge in [-0.2, -0.15) is 0 Å². The van der Waals surface area contributed by atoms with Crippen molar-refractivity contribution in [1.82, 2.24) is 0 Å². The molecule has 0 aromatic heterocycles. The molecule has 0 atom stereocenters. The predicted molar refractivity (Wildman–Crippen MR) is 81.1 cm³/mol. The molecule has 0 aliphatic heterocycles. The highest BCUT2D eigenvalue weighted by atomic mass is 35.5. The Bertz CT molecular complexity index is 705. The lowest BCUT2D eigenvalue weighted by Gasteiger charge is -2.06. The van der Waals surface area contributed by atoms with Crippen molar-refractivity contribution in [3.63, 3.8) is 0 Å². The van der Waals surface area contributed by atoms with Crippen LogP contribution >= 0.6 is 23.4 Å². The van der Waals surface area contributed by atoms with Crippen LogP contribution in [0.3, 0.4) is 0 Å². The summed E-state index contributed by atoms with van der Waals surface area (Å²) in [5, 5.41) is 20.2. The van der Waals surface area contributed by atoms with E-state index in [1.165, 1.54) is 30.0 Å². The summed E-state index contributed by atoms with van der Waals surface area (Å²) in [5.74, 6) is -0.622. The molecule has 0 fully saturated rings. The summed E-state index contributed by atoms with van der Waals surface area (Å²) in [5.41, 5.74) is 0.890. The Hall–Kier alpha value is -2.05. The molecule has 0 unspecified atom stereocenters. The maximum absolute atomic E-state index is 11.2. The summed E-state index contributed by atoms with van der Waals surface area (Å²) in [6.45, 7) is 0. The number of nitro benzene ring substituents is 1. The lowest BCUT2D eigenvalue weighted by molar-refractivity contribution is -0.384. The minimum atomic E-state index is -1.06. The number of benzene rings is 2. The highest BCUT2D eigenvalue weighted by Gasteiger charge is 2.12. The first kappa shape index (κ1) is 15.3. The van der Waals surface area contributed by atoms with Crippen molar-refractivity contribution >= 4 is 35.0 Å². The first-order chi connectivity index (χ1) is 9.97. The molecular formula is C14H10ClNO4S. The van der Waals surface area contributed by atoms with E-state index in [1.54, 1.807) is 24.3 Å². The molecule has 0 aliphatic rings. The van der Waals surface area contributed by atoms with Crippen molar-refractivity contribution in [2.45, 2.75) is 10.6 Å². The van der Waals surface area contributed by atoms with Gasteiger partial charge in [0, 0.05) is 27.8 Å². The monoisotopic (exact) mass is 323 g/mol. The van der Waals surface area contributed by atoms with Crippen LogP contribution < -0.4 is 0 Å². The molecule has 21 heavy (non-hydrogen) atoms. The quantitative estimate of drug-likeness (QED) is 0.505. The van der Waals surface area contributed by atoms with Gasteiger partial charge in [-0.25, -0.2) is 4.79 Å². The van der Waals surface area contributed by atoms with E-state index in [9.17, 15) is 14.9 Å². The SMILES string of the molecule is O=C(O)c1cc(Cl)ccc1SCc1cccc([N+](=O)[O-])c1. The average Bonchev–Trinajstić information content (AvgIpc) is 2.46. The second-order valence-electron chi connectivity index (χ2n) is 4.16. The van der Waals surface area contributed by atoms with Crippen LogP contribution in [0.2, 0.25) is 5.02 Å². The summed E-state index contributed by atoms with van der Waals surface area (Å²) in [6, 6.07) is 10.9. The van der Waals surface area contributed by atoms with Crippen LogP contribution in [0, 0.1) is 10.1 Å². The summed E-state index contributed by atoms with van der Waals surface area (Å²) in [6.07, 6.45) is 0. The predicted octanol–water partition coefficient (Wildman–Crippen LogP) is 4.24. The molecule has 0 saturated carbocycles. The summed E-state index contributed by atoms with van der Waals surface area (Å²) >= 11 is 7.08. The second kappa shape index (κ2) is 6.60. The third kappa shape index (κ3) is 3.96. The van der Waals surface area contributed by atoms with Crippen molar-refractivity contribution in [2.24, 2.45) is 0 Å². The van der Waals surface area contributed by atoms with E-state index in [0.29, 0.717) is 15.7 Å². The minimum absolute atomic E-state index is 0.0164. The number of nitrogens with zero attached hydrogens (tertiary/aromatic N) is 1. The van der Waals surface area contributed by atoms with Crippen molar-refractivity contribution in [3.05, 3.63) is 68.7 Å². The molecule has 2 aromatic carbocycles. The third-order valence-corrected chi connectivity index (χ3v) is 4.07. The number of carbonyl (C=O) groups is 1. The molecule has 1 N–H and O–H groups in total. The maximum atomic E-state index is 11.2. The molecule has 2 aromatic rings. The number of rotatable bonds is 5. The van der Waals surface area contributed by atoms with Gasteiger partial charge < -0.3 is 5.11 Å². The number of halogens is 1. The van der Waals surface area contributed by atoms with Gasteiger partial charge in [0.05, 0.1) is 10.5 Å². The molecule has 0 spiro atoms. The van der Waals surface area contributed by atoms with Crippen molar-refractivity contribution in [2.75, 3.05) is 0 Å². The van der Waals surface area contributed by atoms with Gasteiger partial charge in [-0.3, -0.25) is 10.1 Å². The molecule has 0 saturated heterocycles. The average molecular weight is 324 g/mol. The van der Waals surface area contributed by atoms with Crippen LogP contribution in [0.5, 0.6) is 0 Å². The fourth-order valence-corrected chi connectivity index (χ4v) is 2.86. The highest BCUT2D eigenvalue weighted by Crippen LogP contribution is 2.29. The normalized spacial score (nSPS) is 10.3. The van der Waals surface area contributed by atoms with Crippen LogP contribution in [0.25, 0.3) is 0 Å². The highest BCUT2D eigenvalue weighted by molar-refractivity contribution is 7.98. The van der Waals surface area contributed by atoms with Gasteiger partial charge in [-0.1, -0.05) is 23.7 Å².